The second-order valence-corrected chi connectivity index (χ2v) is 5.29. The van der Waals surface area contributed by atoms with Crippen molar-refractivity contribution in [3.63, 3.8) is 0 Å². The zero-order valence-electron chi connectivity index (χ0n) is 11.9. The lowest BCUT2D eigenvalue weighted by atomic mass is 9.99. The first-order valence-corrected chi connectivity index (χ1v) is 6.80. The van der Waals surface area contributed by atoms with Crippen molar-refractivity contribution in [1.29, 1.82) is 0 Å². The van der Waals surface area contributed by atoms with Crippen LogP contribution in [0, 0.1) is 11.7 Å². The molecule has 0 radical (unpaired) electrons. The molecule has 1 aromatic carbocycles. The van der Waals surface area contributed by atoms with E-state index in [4.69, 9.17) is 0 Å². The van der Waals surface area contributed by atoms with E-state index in [1.807, 2.05) is 18.9 Å². The van der Waals surface area contributed by atoms with Crippen LogP contribution in [-0.2, 0) is 11.2 Å². The highest BCUT2D eigenvalue weighted by atomic mass is 35.5. The average Bonchev–Trinajstić information content (AvgIpc) is 2.93. The number of nitrogens with one attached hydrogen (secondary N) is 1. The molecule has 20 heavy (non-hydrogen) atoms. The Balaban J connectivity index is 0.00000200. The van der Waals surface area contributed by atoms with Gasteiger partial charge in [0.1, 0.15) is 5.82 Å². The molecule has 3 nitrogen and oxygen atoms in total. The van der Waals surface area contributed by atoms with E-state index in [9.17, 15) is 9.18 Å². The Kier molecular flexibility index (Phi) is 6.43. The van der Waals surface area contributed by atoms with Crippen LogP contribution in [0.2, 0.25) is 0 Å². The molecular weight excluding hydrogens is 279 g/mol. The predicted molar refractivity (Wildman–Crippen MR) is 80.6 cm³/mol. The molecule has 0 bridgehead atoms. The number of amides is 1. The fraction of sp³-hybridized carbons (Fsp3) is 0.533. The third kappa shape index (κ3) is 3.93. The van der Waals surface area contributed by atoms with Crippen LogP contribution < -0.4 is 5.32 Å². The van der Waals surface area contributed by atoms with Gasteiger partial charge in [-0.15, -0.1) is 12.4 Å². The molecule has 1 saturated heterocycles. The lowest BCUT2D eigenvalue weighted by molar-refractivity contribution is -0.135. The number of halogens is 2. The van der Waals surface area contributed by atoms with Gasteiger partial charge in [-0.05, 0) is 31.0 Å². The molecule has 0 aromatic heterocycles. The Morgan fingerprint density at radius 3 is 2.80 bits per heavy atom. The number of hydrogen-bond donors (Lipinski definition) is 1. The van der Waals surface area contributed by atoms with Gasteiger partial charge in [-0.3, -0.25) is 4.79 Å². The van der Waals surface area contributed by atoms with Gasteiger partial charge in [-0.1, -0.05) is 25.1 Å². The second kappa shape index (κ2) is 7.60. The summed E-state index contributed by atoms with van der Waals surface area (Å²) < 4.78 is 13.6. The van der Waals surface area contributed by atoms with Crippen molar-refractivity contribution in [1.82, 2.24) is 10.2 Å². The maximum atomic E-state index is 13.6. The lowest BCUT2D eigenvalue weighted by Gasteiger charge is -2.27. The third-order valence-corrected chi connectivity index (χ3v) is 3.84. The van der Waals surface area contributed by atoms with Gasteiger partial charge in [0.05, 0.1) is 0 Å². The first kappa shape index (κ1) is 16.9. The van der Waals surface area contributed by atoms with Gasteiger partial charge in [-0.25, -0.2) is 4.39 Å². The molecule has 0 saturated carbocycles. The highest BCUT2D eigenvalue weighted by Gasteiger charge is 2.26. The Bertz CT molecular complexity index is 449. The van der Waals surface area contributed by atoms with E-state index in [1.165, 1.54) is 6.07 Å². The molecule has 0 aliphatic carbocycles. The summed E-state index contributed by atoms with van der Waals surface area (Å²) in [5.41, 5.74) is 0.612. The molecule has 5 heteroatoms. The number of benzene rings is 1. The van der Waals surface area contributed by atoms with Crippen molar-refractivity contribution in [3.05, 3.63) is 35.6 Å². The van der Waals surface area contributed by atoms with Crippen LogP contribution in [0.25, 0.3) is 0 Å². The summed E-state index contributed by atoms with van der Waals surface area (Å²) in [5.74, 6) is -0.327. The van der Waals surface area contributed by atoms with Gasteiger partial charge in [-0.2, -0.15) is 0 Å². The number of carbonyl (C=O) groups excluding carboxylic acids is 1. The summed E-state index contributed by atoms with van der Waals surface area (Å²) in [6.45, 7) is 3.69. The summed E-state index contributed by atoms with van der Waals surface area (Å²) in [6, 6.07) is 6.94. The monoisotopic (exact) mass is 300 g/mol. The summed E-state index contributed by atoms with van der Waals surface area (Å²) in [6.07, 6.45) is 1.45. The maximum Gasteiger partial charge on any atom is 0.225 e. The molecule has 2 rings (SSSR count). The molecule has 2 atom stereocenters. The van der Waals surface area contributed by atoms with E-state index in [0.717, 1.165) is 19.5 Å². The quantitative estimate of drug-likeness (QED) is 0.925. The van der Waals surface area contributed by atoms with Gasteiger partial charge < -0.3 is 10.2 Å². The van der Waals surface area contributed by atoms with Crippen LogP contribution >= 0.6 is 12.4 Å². The fourth-order valence-corrected chi connectivity index (χ4v) is 2.58. The van der Waals surface area contributed by atoms with Crippen LogP contribution in [0.4, 0.5) is 4.39 Å². The Hall–Kier alpha value is -1.13. The predicted octanol–water partition coefficient (Wildman–Crippen LogP) is 2.25. The van der Waals surface area contributed by atoms with Crippen molar-refractivity contribution in [3.8, 4) is 0 Å². The molecule has 1 N–H and O–H groups in total. The van der Waals surface area contributed by atoms with Gasteiger partial charge in [0, 0.05) is 25.6 Å². The maximum absolute atomic E-state index is 13.6. The van der Waals surface area contributed by atoms with Crippen molar-refractivity contribution in [2.45, 2.75) is 25.8 Å². The molecule has 0 spiro atoms. The lowest BCUT2D eigenvalue weighted by Crippen LogP contribution is -2.41. The number of carbonyl (C=O) groups is 1. The highest BCUT2D eigenvalue weighted by molar-refractivity contribution is 5.85. The summed E-state index contributed by atoms with van der Waals surface area (Å²) in [4.78, 5) is 14.1. The topological polar surface area (TPSA) is 32.3 Å². The fourth-order valence-electron chi connectivity index (χ4n) is 2.58. The van der Waals surface area contributed by atoms with E-state index in [2.05, 4.69) is 5.32 Å². The van der Waals surface area contributed by atoms with Gasteiger partial charge in [0.25, 0.3) is 0 Å². The van der Waals surface area contributed by atoms with Crippen LogP contribution in [0.1, 0.15) is 18.9 Å². The zero-order chi connectivity index (χ0) is 13.8. The van der Waals surface area contributed by atoms with Crippen molar-refractivity contribution < 1.29 is 9.18 Å². The summed E-state index contributed by atoms with van der Waals surface area (Å²) in [7, 11) is 1.85. The largest absolute Gasteiger partial charge is 0.341 e. The SMILES string of the molecule is CC(Cc1ccccc1F)C(=O)N(C)C1CCNC1.Cl. The Labute approximate surface area is 125 Å². The standard InChI is InChI=1S/C15H21FN2O.ClH/c1-11(9-12-5-3-4-6-14(12)16)15(19)18(2)13-7-8-17-10-13;/h3-6,11,13,17H,7-10H2,1-2H3;1H. The minimum absolute atomic E-state index is 0. The molecule has 1 aromatic rings. The van der Waals surface area contributed by atoms with E-state index in [0.29, 0.717) is 12.0 Å². The molecule has 2 unspecified atom stereocenters. The van der Waals surface area contributed by atoms with Gasteiger partial charge >= 0.3 is 0 Å². The third-order valence-electron chi connectivity index (χ3n) is 3.84. The minimum Gasteiger partial charge on any atom is -0.341 e. The van der Waals surface area contributed by atoms with E-state index < -0.39 is 0 Å². The average molecular weight is 301 g/mol. The van der Waals surface area contributed by atoms with Gasteiger partial charge in [0.2, 0.25) is 5.91 Å². The first-order valence-electron chi connectivity index (χ1n) is 6.80. The molecule has 112 valence electrons. The Morgan fingerprint density at radius 2 is 2.20 bits per heavy atom. The zero-order valence-corrected chi connectivity index (χ0v) is 12.8. The van der Waals surface area contributed by atoms with E-state index >= 15 is 0 Å². The Morgan fingerprint density at radius 1 is 1.50 bits per heavy atom. The van der Waals surface area contributed by atoms with Crippen molar-refractivity contribution >= 4 is 18.3 Å². The summed E-state index contributed by atoms with van der Waals surface area (Å²) >= 11 is 0. The number of nitrogens with zero attached hydrogens (tertiary/aromatic N) is 1. The van der Waals surface area contributed by atoms with Crippen LogP contribution in [-0.4, -0.2) is 37.0 Å². The summed E-state index contributed by atoms with van der Waals surface area (Å²) in [5, 5.41) is 3.25. The first-order chi connectivity index (χ1) is 9.09. The van der Waals surface area contributed by atoms with Crippen LogP contribution in [0.15, 0.2) is 24.3 Å². The smallest absolute Gasteiger partial charge is 0.225 e. The molecule has 1 aliphatic rings. The van der Waals surface area contributed by atoms with E-state index in [-0.39, 0.29) is 36.1 Å². The normalized spacial score (nSPS) is 19.2. The van der Waals surface area contributed by atoms with E-state index in [1.54, 1.807) is 18.2 Å². The van der Waals surface area contributed by atoms with Crippen molar-refractivity contribution in [2.24, 2.45) is 5.92 Å². The minimum atomic E-state index is -0.229. The molecular formula is C15H22ClFN2O. The number of rotatable bonds is 4. The number of likely N-dealkylation sites (N-methyl/N-ethyl adjacent to an activating group) is 1. The highest BCUT2D eigenvalue weighted by Crippen LogP contribution is 2.16. The molecule has 1 heterocycles. The van der Waals surface area contributed by atoms with Gasteiger partial charge in [0.15, 0.2) is 0 Å². The van der Waals surface area contributed by atoms with Crippen LogP contribution in [0.5, 0.6) is 0 Å². The van der Waals surface area contributed by atoms with Crippen LogP contribution in [0.3, 0.4) is 0 Å². The molecule has 1 amide bonds. The van der Waals surface area contributed by atoms with Crippen molar-refractivity contribution in [2.75, 3.05) is 20.1 Å². The molecule has 1 aliphatic heterocycles. The second-order valence-electron chi connectivity index (χ2n) is 5.29. The molecule has 1 fully saturated rings. The number of hydrogen-bond acceptors (Lipinski definition) is 2.